The van der Waals surface area contributed by atoms with E-state index in [1.807, 2.05) is 30.3 Å². The van der Waals surface area contributed by atoms with Crippen molar-refractivity contribution in [3.8, 4) is 5.75 Å². The molecule has 1 amide bonds. The largest absolute Gasteiger partial charge is 0.494 e. The number of carbonyl (C=O) groups excluding carboxylic acids is 2. The maximum absolute atomic E-state index is 12.2. The maximum Gasteiger partial charge on any atom is 0.328 e. The number of hydrogen-bond donors (Lipinski definition) is 0. The number of methoxy groups -OCH3 is 1. The number of nitrogens with zero attached hydrogens (tertiary/aromatic N) is 1. The Hall–Kier alpha value is -2.04. The monoisotopic (exact) mass is 291 g/mol. The van der Waals surface area contributed by atoms with Crippen molar-refractivity contribution in [2.45, 2.75) is 31.7 Å². The van der Waals surface area contributed by atoms with Crippen molar-refractivity contribution in [1.82, 2.24) is 4.90 Å². The first kappa shape index (κ1) is 15.4. The second-order valence-corrected chi connectivity index (χ2v) is 5.03. The predicted molar refractivity (Wildman–Crippen MR) is 77.9 cm³/mol. The van der Waals surface area contributed by atoms with Gasteiger partial charge in [-0.15, -0.1) is 0 Å². The minimum Gasteiger partial charge on any atom is -0.494 e. The number of amides is 1. The van der Waals surface area contributed by atoms with Crippen LogP contribution in [0.15, 0.2) is 30.3 Å². The Kier molecular flexibility index (Phi) is 5.60. The Balaban J connectivity index is 1.73. The molecule has 0 unspecified atom stereocenters. The molecule has 0 N–H and O–H groups in total. The van der Waals surface area contributed by atoms with Crippen molar-refractivity contribution in [1.29, 1.82) is 0 Å². The Morgan fingerprint density at radius 3 is 2.76 bits per heavy atom. The third-order valence-electron chi connectivity index (χ3n) is 3.59. The van der Waals surface area contributed by atoms with Gasteiger partial charge in [0, 0.05) is 13.0 Å². The molecule has 0 saturated carbocycles. The Bertz CT molecular complexity index is 474. The highest BCUT2D eigenvalue weighted by Gasteiger charge is 2.34. The van der Waals surface area contributed by atoms with Crippen molar-refractivity contribution in [2.75, 3.05) is 20.3 Å². The Morgan fingerprint density at radius 2 is 2.05 bits per heavy atom. The first-order valence-corrected chi connectivity index (χ1v) is 7.27. The highest BCUT2D eigenvalue weighted by Crippen LogP contribution is 2.20. The molecule has 0 aromatic heterocycles. The van der Waals surface area contributed by atoms with Crippen molar-refractivity contribution >= 4 is 11.9 Å². The maximum atomic E-state index is 12.2. The van der Waals surface area contributed by atoms with Crippen LogP contribution in [-0.2, 0) is 14.3 Å². The third kappa shape index (κ3) is 4.21. The van der Waals surface area contributed by atoms with E-state index in [1.54, 1.807) is 4.90 Å². The van der Waals surface area contributed by atoms with Crippen LogP contribution in [0.5, 0.6) is 5.75 Å². The van der Waals surface area contributed by atoms with E-state index in [-0.39, 0.29) is 11.9 Å². The summed E-state index contributed by atoms with van der Waals surface area (Å²) in [5.41, 5.74) is 0. The van der Waals surface area contributed by atoms with Crippen LogP contribution in [0.3, 0.4) is 0 Å². The average molecular weight is 291 g/mol. The van der Waals surface area contributed by atoms with Gasteiger partial charge in [0.15, 0.2) is 0 Å². The number of benzene rings is 1. The number of ether oxygens (including phenoxy) is 2. The first-order chi connectivity index (χ1) is 10.2. The van der Waals surface area contributed by atoms with Gasteiger partial charge in [-0.3, -0.25) is 4.79 Å². The summed E-state index contributed by atoms with van der Waals surface area (Å²) in [6.07, 6.45) is 2.57. The lowest BCUT2D eigenvalue weighted by molar-refractivity contribution is -0.151. The SMILES string of the molecule is COC(=O)[C@@H]1CCCN1C(=O)CCCOc1ccccc1. The molecular weight excluding hydrogens is 270 g/mol. The van der Waals surface area contributed by atoms with E-state index < -0.39 is 6.04 Å². The molecule has 21 heavy (non-hydrogen) atoms. The first-order valence-electron chi connectivity index (χ1n) is 7.27. The molecule has 5 nitrogen and oxygen atoms in total. The van der Waals surface area contributed by atoms with E-state index in [9.17, 15) is 9.59 Å². The van der Waals surface area contributed by atoms with Gasteiger partial charge in [0.25, 0.3) is 0 Å². The molecule has 1 heterocycles. The van der Waals surface area contributed by atoms with Gasteiger partial charge < -0.3 is 14.4 Å². The van der Waals surface area contributed by atoms with Gasteiger partial charge >= 0.3 is 5.97 Å². The van der Waals surface area contributed by atoms with E-state index in [2.05, 4.69) is 0 Å². The van der Waals surface area contributed by atoms with Crippen LogP contribution < -0.4 is 4.74 Å². The van der Waals surface area contributed by atoms with E-state index in [0.717, 1.165) is 12.2 Å². The lowest BCUT2D eigenvalue weighted by Gasteiger charge is -2.22. The zero-order valence-electron chi connectivity index (χ0n) is 12.3. The average Bonchev–Trinajstić information content (AvgIpc) is 3.01. The standard InChI is InChI=1S/C16H21NO4/c1-20-16(19)14-9-5-11-17(14)15(18)10-6-12-21-13-7-3-2-4-8-13/h2-4,7-8,14H,5-6,9-12H2,1H3/t14-/m0/s1. The molecule has 1 aliphatic heterocycles. The summed E-state index contributed by atoms with van der Waals surface area (Å²) < 4.78 is 10.3. The summed E-state index contributed by atoms with van der Waals surface area (Å²) in [5.74, 6) is 0.486. The Labute approximate surface area is 124 Å². The fraction of sp³-hybridized carbons (Fsp3) is 0.500. The van der Waals surface area contributed by atoms with Gasteiger partial charge in [0.2, 0.25) is 5.91 Å². The van der Waals surface area contributed by atoms with Gasteiger partial charge in [0.05, 0.1) is 13.7 Å². The zero-order chi connectivity index (χ0) is 15.1. The van der Waals surface area contributed by atoms with Gasteiger partial charge in [0.1, 0.15) is 11.8 Å². The number of likely N-dealkylation sites (tertiary alicyclic amines) is 1. The second kappa shape index (κ2) is 7.67. The van der Waals surface area contributed by atoms with Crippen LogP contribution in [0.1, 0.15) is 25.7 Å². The topological polar surface area (TPSA) is 55.8 Å². The third-order valence-corrected chi connectivity index (χ3v) is 3.59. The number of rotatable bonds is 6. The normalized spacial score (nSPS) is 17.6. The van der Waals surface area contributed by atoms with Crippen molar-refractivity contribution in [3.63, 3.8) is 0 Å². The van der Waals surface area contributed by atoms with E-state index in [4.69, 9.17) is 9.47 Å². The summed E-state index contributed by atoms with van der Waals surface area (Å²) >= 11 is 0. The Morgan fingerprint density at radius 1 is 1.29 bits per heavy atom. The lowest BCUT2D eigenvalue weighted by Crippen LogP contribution is -2.41. The molecule has 2 rings (SSSR count). The van der Waals surface area contributed by atoms with Gasteiger partial charge in [-0.2, -0.15) is 0 Å². The highest BCUT2D eigenvalue weighted by molar-refractivity contribution is 5.85. The minimum atomic E-state index is -0.405. The van der Waals surface area contributed by atoms with Crippen molar-refractivity contribution in [3.05, 3.63) is 30.3 Å². The molecule has 1 saturated heterocycles. The van der Waals surface area contributed by atoms with Crippen LogP contribution >= 0.6 is 0 Å². The minimum absolute atomic E-state index is 0.000406. The molecule has 1 aliphatic rings. The molecule has 114 valence electrons. The summed E-state index contributed by atoms with van der Waals surface area (Å²) in [6.45, 7) is 1.13. The summed E-state index contributed by atoms with van der Waals surface area (Å²) in [7, 11) is 1.36. The summed E-state index contributed by atoms with van der Waals surface area (Å²) in [5, 5.41) is 0. The van der Waals surface area contributed by atoms with Crippen LogP contribution in [0.25, 0.3) is 0 Å². The molecule has 1 aromatic rings. The molecule has 5 heteroatoms. The summed E-state index contributed by atoms with van der Waals surface area (Å²) in [4.78, 5) is 25.4. The van der Waals surface area contributed by atoms with E-state index >= 15 is 0 Å². The molecule has 0 bridgehead atoms. The van der Waals surface area contributed by atoms with Crippen LogP contribution in [-0.4, -0.2) is 43.1 Å². The number of carbonyl (C=O) groups is 2. The fourth-order valence-corrected chi connectivity index (χ4v) is 2.52. The van der Waals surface area contributed by atoms with E-state index in [0.29, 0.717) is 32.4 Å². The second-order valence-electron chi connectivity index (χ2n) is 5.03. The van der Waals surface area contributed by atoms with Gasteiger partial charge in [-0.1, -0.05) is 18.2 Å². The van der Waals surface area contributed by atoms with Crippen molar-refractivity contribution < 1.29 is 19.1 Å². The van der Waals surface area contributed by atoms with Crippen molar-refractivity contribution in [2.24, 2.45) is 0 Å². The highest BCUT2D eigenvalue weighted by atomic mass is 16.5. The molecular formula is C16H21NO4. The molecule has 0 aliphatic carbocycles. The molecule has 1 aromatic carbocycles. The quantitative estimate of drug-likeness (QED) is 0.594. The van der Waals surface area contributed by atoms with E-state index in [1.165, 1.54) is 7.11 Å². The molecule has 0 radical (unpaired) electrons. The zero-order valence-corrected chi connectivity index (χ0v) is 12.3. The molecule has 0 spiro atoms. The molecule has 1 fully saturated rings. The van der Waals surface area contributed by atoms with Crippen LogP contribution in [0.2, 0.25) is 0 Å². The summed E-state index contributed by atoms with van der Waals surface area (Å²) in [6, 6.07) is 9.11. The lowest BCUT2D eigenvalue weighted by atomic mass is 10.2. The smallest absolute Gasteiger partial charge is 0.328 e. The molecule has 1 atom stereocenters. The predicted octanol–water partition coefficient (Wildman–Crippen LogP) is 2.01. The fourth-order valence-electron chi connectivity index (χ4n) is 2.52. The number of esters is 1. The van der Waals surface area contributed by atoms with Crippen LogP contribution in [0.4, 0.5) is 0 Å². The van der Waals surface area contributed by atoms with Gasteiger partial charge in [-0.25, -0.2) is 4.79 Å². The number of para-hydroxylation sites is 1. The van der Waals surface area contributed by atoms with Gasteiger partial charge in [-0.05, 0) is 31.4 Å². The van der Waals surface area contributed by atoms with Crippen LogP contribution in [0, 0.1) is 0 Å². The number of hydrogen-bond acceptors (Lipinski definition) is 4.